The topological polar surface area (TPSA) is 31.2 Å². The average molecular weight is 215 g/mol. The molecule has 3 heteroatoms. The summed E-state index contributed by atoms with van der Waals surface area (Å²) in [6.45, 7) is 4.38. The zero-order valence-corrected chi connectivity index (χ0v) is 9.14. The Morgan fingerprint density at radius 1 is 1.50 bits per heavy atom. The fraction of sp³-hybridized carbons (Fsp3) is 0.154. The van der Waals surface area contributed by atoms with Crippen molar-refractivity contribution < 1.29 is 9.53 Å². The number of aromatic nitrogens is 1. The van der Waals surface area contributed by atoms with Gasteiger partial charge in [0.25, 0.3) is 0 Å². The molecule has 0 aliphatic carbocycles. The van der Waals surface area contributed by atoms with Gasteiger partial charge in [-0.2, -0.15) is 0 Å². The van der Waals surface area contributed by atoms with E-state index in [2.05, 4.69) is 6.58 Å². The van der Waals surface area contributed by atoms with Crippen LogP contribution in [0.1, 0.15) is 10.4 Å². The van der Waals surface area contributed by atoms with Crippen molar-refractivity contribution in [2.24, 2.45) is 0 Å². The highest BCUT2D eigenvalue weighted by atomic mass is 16.5. The molecule has 82 valence electrons. The minimum Gasteiger partial charge on any atom is -0.465 e. The van der Waals surface area contributed by atoms with Crippen LogP contribution in [0.4, 0.5) is 0 Å². The van der Waals surface area contributed by atoms with Gasteiger partial charge in [0, 0.05) is 23.6 Å². The van der Waals surface area contributed by atoms with E-state index in [1.807, 2.05) is 28.8 Å². The summed E-state index contributed by atoms with van der Waals surface area (Å²) >= 11 is 0. The number of allylic oxidation sites excluding steroid dienone is 1. The van der Waals surface area contributed by atoms with Crippen molar-refractivity contribution in [2.75, 3.05) is 7.11 Å². The van der Waals surface area contributed by atoms with E-state index in [1.54, 1.807) is 12.3 Å². The molecule has 1 aromatic heterocycles. The van der Waals surface area contributed by atoms with Crippen LogP contribution < -0.4 is 0 Å². The number of methoxy groups -OCH3 is 1. The van der Waals surface area contributed by atoms with Gasteiger partial charge < -0.3 is 9.30 Å². The van der Waals surface area contributed by atoms with Gasteiger partial charge in [-0.3, -0.25) is 0 Å². The Balaban J connectivity index is 2.66. The van der Waals surface area contributed by atoms with Crippen molar-refractivity contribution in [3.63, 3.8) is 0 Å². The predicted octanol–water partition coefficient (Wildman–Crippen LogP) is 2.61. The maximum absolute atomic E-state index is 11.6. The van der Waals surface area contributed by atoms with Crippen molar-refractivity contribution in [1.29, 1.82) is 0 Å². The minimum absolute atomic E-state index is 0.306. The first-order chi connectivity index (χ1) is 7.77. The molecule has 0 aliphatic rings. The quantitative estimate of drug-likeness (QED) is 0.582. The first-order valence-corrected chi connectivity index (χ1v) is 5.05. The van der Waals surface area contributed by atoms with E-state index in [0.717, 1.165) is 10.9 Å². The Hall–Kier alpha value is -2.03. The number of carbonyl (C=O) groups is 1. The highest BCUT2D eigenvalue weighted by Crippen LogP contribution is 2.21. The van der Waals surface area contributed by atoms with Crippen LogP contribution in [-0.2, 0) is 11.3 Å². The smallest absolute Gasteiger partial charge is 0.340 e. The number of carbonyl (C=O) groups excluding carboxylic acids is 1. The zero-order valence-electron chi connectivity index (χ0n) is 9.14. The molecule has 0 unspecified atom stereocenters. The molecule has 0 N–H and O–H groups in total. The lowest BCUT2D eigenvalue weighted by molar-refractivity contribution is 0.0603. The maximum atomic E-state index is 11.6. The molecule has 0 saturated heterocycles. The van der Waals surface area contributed by atoms with E-state index in [1.165, 1.54) is 7.11 Å². The van der Waals surface area contributed by atoms with Gasteiger partial charge in [-0.1, -0.05) is 24.3 Å². The number of esters is 1. The normalized spacial score (nSPS) is 10.3. The summed E-state index contributed by atoms with van der Waals surface area (Å²) in [4.78, 5) is 11.6. The van der Waals surface area contributed by atoms with Gasteiger partial charge in [-0.25, -0.2) is 4.79 Å². The van der Waals surface area contributed by atoms with E-state index in [0.29, 0.717) is 12.1 Å². The second-order valence-corrected chi connectivity index (χ2v) is 3.49. The summed E-state index contributed by atoms with van der Waals surface area (Å²) in [5, 5.41) is 0.913. The van der Waals surface area contributed by atoms with Gasteiger partial charge in [0.15, 0.2) is 0 Å². The summed E-state index contributed by atoms with van der Waals surface area (Å²) in [6.07, 6.45) is 3.60. The lowest BCUT2D eigenvalue weighted by Crippen LogP contribution is -2.00. The van der Waals surface area contributed by atoms with Crippen molar-refractivity contribution in [3.05, 3.63) is 48.7 Å². The molecule has 0 atom stereocenters. The molecule has 16 heavy (non-hydrogen) atoms. The van der Waals surface area contributed by atoms with Gasteiger partial charge in [0.1, 0.15) is 0 Å². The fourth-order valence-corrected chi connectivity index (χ4v) is 1.81. The van der Waals surface area contributed by atoms with Gasteiger partial charge in [0.2, 0.25) is 0 Å². The number of rotatable bonds is 3. The van der Waals surface area contributed by atoms with Crippen LogP contribution in [0.25, 0.3) is 10.9 Å². The number of fused-ring (bicyclic) bond motifs is 1. The van der Waals surface area contributed by atoms with Gasteiger partial charge in [-0.05, 0) is 6.07 Å². The molecule has 3 nitrogen and oxygen atoms in total. The van der Waals surface area contributed by atoms with Crippen molar-refractivity contribution in [1.82, 2.24) is 4.57 Å². The van der Waals surface area contributed by atoms with Crippen LogP contribution in [-0.4, -0.2) is 17.6 Å². The molecule has 0 bridgehead atoms. The zero-order chi connectivity index (χ0) is 11.5. The van der Waals surface area contributed by atoms with Crippen molar-refractivity contribution >= 4 is 16.9 Å². The molecule has 1 heterocycles. The summed E-state index contributed by atoms with van der Waals surface area (Å²) in [6, 6.07) is 7.75. The van der Waals surface area contributed by atoms with Crippen LogP contribution in [0.3, 0.4) is 0 Å². The third-order valence-electron chi connectivity index (χ3n) is 2.52. The van der Waals surface area contributed by atoms with Crippen molar-refractivity contribution in [3.8, 4) is 0 Å². The number of ether oxygens (including phenoxy) is 1. The van der Waals surface area contributed by atoms with E-state index in [9.17, 15) is 4.79 Å². The van der Waals surface area contributed by atoms with E-state index in [4.69, 9.17) is 4.74 Å². The van der Waals surface area contributed by atoms with E-state index >= 15 is 0 Å². The Morgan fingerprint density at radius 2 is 2.25 bits per heavy atom. The molecule has 1 aromatic carbocycles. The Morgan fingerprint density at radius 3 is 2.94 bits per heavy atom. The van der Waals surface area contributed by atoms with Gasteiger partial charge in [0.05, 0.1) is 12.7 Å². The largest absolute Gasteiger partial charge is 0.465 e. The summed E-state index contributed by atoms with van der Waals surface area (Å²) in [5.41, 5.74) is 1.61. The first kappa shape index (κ1) is 10.5. The SMILES string of the molecule is C=CCn1cc(C(=O)OC)c2ccccc21. The van der Waals surface area contributed by atoms with E-state index < -0.39 is 0 Å². The third kappa shape index (κ3) is 1.60. The van der Waals surface area contributed by atoms with Crippen LogP contribution in [0, 0.1) is 0 Å². The molecule has 0 radical (unpaired) electrons. The predicted molar refractivity (Wildman–Crippen MR) is 63.5 cm³/mol. The Labute approximate surface area is 93.9 Å². The Kier molecular flexibility index (Phi) is 2.77. The summed E-state index contributed by atoms with van der Waals surface area (Å²) < 4.78 is 6.74. The molecule has 2 rings (SSSR count). The maximum Gasteiger partial charge on any atom is 0.340 e. The molecule has 0 fully saturated rings. The molecule has 0 aliphatic heterocycles. The van der Waals surface area contributed by atoms with E-state index in [-0.39, 0.29) is 5.97 Å². The second-order valence-electron chi connectivity index (χ2n) is 3.49. The Bertz CT molecular complexity index is 540. The average Bonchev–Trinajstić information content (AvgIpc) is 2.68. The number of benzene rings is 1. The standard InChI is InChI=1S/C13H13NO2/c1-3-8-14-9-11(13(15)16-2)10-6-4-5-7-12(10)14/h3-7,9H,1,8H2,2H3. The molecule has 0 saturated carbocycles. The lowest BCUT2D eigenvalue weighted by Gasteiger charge is -1.98. The molecular weight excluding hydrogens is 202 g/mol. The molecule has 2 aromatic rings. The lowest BCUT2D eigenvalue weighted by atomic mass is 10.2. The van der Waals surface area contributed by atoms with Crippen molar-refractivity contribution in [2.45, 2.75) is 6.54 Å². The fourth-order valence-electron chi connectivity index (χ4n) is 1.81. The van der Waals surface area contributed by atoms with Crippen LogP contribution >= 0.6 is 0 Å². The summed E-state index contributed by atoms with van der Waals surface area (Å²) in [7, 11) is 1.39. The second kappa shape index (κ2) is 4.23. The van der Waals surface area contributed by atoms with Gasteiger partial charge in [-0.15, -0.1) is 6.58 Å². The summed E-state index contributed by atoms with van der Waals surface area (Å²) in [5.74, 6) is -0.306. The number of hydrogen-bond donors (Lipinski definition) is 0. The third-order valence-corrected chi connectivity index (χ3v) is 2.52. The minimum atomic E-state index is -0.306. The monoisotopic (exact) mass is 215 g/mol. The first-order valence-electron chi connectivity index (χ1n) is 5.05. The van der Waals surface area contributed by atoms with Crippen LogP contribution in [0.5, 0.6) is 0 Å². The van der Waals surface area contributed by atoms with Crippen LogP contribution in [0.2, 0.25) is 0 Å². The highest BCUT2D eigenvalue weighted by Gasteiger charge is 2.14. The molecule has 0 spiro atoms. The number of hydrogen-bond acceptors (Lipinski definition) is 2. The van der Waals surface area contributed by atoms with Crippen LogP contribution in [0.15, 0.2) is 43.1 Å². The number of para-hydroxylation sites is 1. The molecule has 0 amide bonds. The highest BCUT2D eigenvalue weighted by molar-refractivity contribution is 6.04. The number of nitrogens with zero attached hydrogens (tertiary/aromatic N) is 1. The van der Waals surface area contributed by atoms with Gasteiger partial charge >= 0.3 is 5.97 Å². The molecular formula is C13H13NO2.